The van der Waals surface area contributed by atoms with Crippen LogP contribution in [0.2, 0.25) is 0 Å². The Kier molecular flexibility index (Phi) is 4.56. The third-order valence-corrected chi connectivity index (χ3v) is 5.32. The highest BCUT2D eigenvalue weighted by Crippen LogP contribution is 2.40. The highest BCUT2D eigenvalue weighted by molar-refractivity contribution is 7.92. The van der Waals surface area contributed by atoms with Crippen molar-refractivity contribution < 1.29 is 32.2 Å². The summed E-state index contributed by atoms with van der Waals surface area (Å²) in [5.74, 6) is -2.20. The minimum Gasteiger partial charge on any atom is -0.506 e. The van der Waals surface area contributed by atoms with Gasteiger partial charge in [0.2, 0.25) is 10.0 Å². The smallest absolute Gasteiger partial charge is 0.340 e. The third-order valence-electron chi connectivity index (χ3n) is 4.06. The minimum atomic E-state index is -3.66. The van der Waals surface area contributed by atoms with Gasteiger partial charge in [0.15, 0.2) is 0 Å². The fraction of sp³-hybridized carbons (Fsp3) is 0.167. The van der Waals surface area contributed by atoms with Crippen molar-refractivity contribution >= 4 is 32.6 Å². The van der Waals surface area contributed by atoms with Crippen molar-refractivity contribution in [2.75, 3.05) is 17.1 Å². The molecule has 0 aliphatic carbocycles. The number of aromatic carboxylic acids is 1. The summed E-state index contributed by atoms with van der Waals surface area (Å²) in [4.78, 5) is 11.8. The monoisotopic (exact) mass is 393 g/mol. The van der Waals surface area contributed by atoms with Crippen molar-refractivity contribution in [2.45, 2.75) is 6.92 Å². The van der Waals surface area contributed by atoms with Crippen LogP contribution in [0.1, 0.15) is 17.3 Å². The number of sulfonamides is 1. The third kappa shape index (κ3) is 3.33. The predicted octanol–water partition coefficient (Wildman–Crippen LogP) is 3.43. The first kappa shape index (κ1) is 18.7. The molecule has 0 aliphatic rings. The highest BCUT2D eigenvalue weighted by atomic mass is 32.2. The molecule has 0 amide bonds. The number of nitrogens with zero attached hydrogens (tertiary/aromatic N) is 1. The number of furan rings is 1. The van der Waals surface area contributed by atoms with Crippen LogP contribution in [-0.2, 0) is 10.0 Å². The number of rotatable bonds is 5. The molecule has 7 nitrogen and oxygen atoms in total. The lowest BCUT2D eigenvalue weighted by Crippen LogP contribution is -2.29. The lowest BCUT2D eigenvalue weighted by atomic mass is 10.0. The van der Waals surface area contributed by atoms with Gasteiger partial charge in [-0.1, -0.05) is 0 Å². The van der Waals surface area contributed by atoms with Crippen LogP contribution in [0.3, 0.4) is 0 Å². The Labute approximate surface area is 154 Å². The summed E-state index contributed by atoms with van der Waals surface area (Å²) in [7, 11) is -3.66. The van der Waals surface area contributed by atoms with E-state index in [4.69, 9.17) is 4.42 Å². The molecule has 0 aliphatic heterocycles. The maximum Gasteiger partial charge on any atom is 0.340 e. The Morgan fingerprint density at radius 3 is 2.37 bits per heavy atom. The van der Waals surface area contributed by atoms with Crippen LogP contribution in [0.15, 0.2) is 40.8 Å². The van der Waals surface area contributed by atoms with E-state index in [2.05, 4.69) is 0 Å². The normalized spacial score (nSPS) is 11.7. The van der Waals surface area contributed by atoms with Crippen LogP contribution in [0.5, 0.6) is 5.75 Å². The Morgan fingerprint density at radius 1 is 1.22 bits per heavy atom. The fourth-order valence-electron chi connectivity index (χ4n) is 2.92. The number of halogens is 1. The van der Waals surface area contributed by atoms with Crippen LogP contribution in [0, 0.1) is 5.82 Å². The summed E-state index contributed by atoms with van der Waals surface area (Å²) in [6.07, 6.45) is 0.995. The predicted molar refractivity (Wildman–Crippen MR) is 98.1 cm³/mol. The molecule has 3 rings (SSSR count). The standard InChI is InChI=1S/C18H16FNO6S/c1-3-20(27(2,24)25)13-9-15-12(8-14(13)21)16(18(22)23)17(26-15)10-4-6-11(19)7-5-10/h4-9,21H,3H2,1-2H3,(H,22,23). The second kappa shape index (κ2) is 6.58. The van der Waals surface area contributed by atoms with E-state index in [1.54, 1.807) is 6.92 Å². The fourth-order valence-corrected chi connectivity index (χ4v) is 3.89. The van der Waals surface area contributed by atoms with Crippen LogP contribution in [0.25, 0.3) is 22.3 Å². The molecule has 0 spiro atoms. The van der Waals surface area contributed by atoms with E-state index < -0.39 is 27.6 Å². The van der Waals surface area contributed by atoms with Crippen LogP contribution in [0.4, 0.5) is 10.1 Å². The average Bonchev–Trinajstić information content (AvgIpc) is 2.93. The first-order valence-corrected chi connectivity index (χ1v) is 9.74. The highest BCUT2D eigenvalue weighted by Gasteiger charge is 2.26. The van der Waals surface area contributed by atoms with Crippen molar-refractivity contribution in [1.29, 1.82) is 0 Å². The van der Waals surface area contributed by atoms with Gasteiger partial charge < -0.3 is 14.6 Å². The Morgan fingerprint density at radius 2 is 1.85 bits per heavy atom. The second-order valence-electron chi connectivity index (χ2n) is 5.88. The Bertz CT molecular complexity index is 1130. The number of benzene rings is 2. The molecule has 0 bridgehead atoms. The van der Waals surface area contributed by atoms with Gasteiger partial charge in [-0.3, -0.25) is 4.31 Å². The van der Waals surface area contributed by atoms with Gasteiger partial charge in [-0.25, -0.2) is 17.6 Å². The van der Waals surface area contributed by atoms with Crippen molar-refractivity contribution in [2.24, 2.45) is 0 Å². The summed E-state index contributed by atoms with van der Waals surface area (Å²) in [5.41, 5.74) is 0.188. The maximum atomic E-state index is 13.2. The Hall–Kier alpha value is -3.07. The van der Waals surface area contributed by atoms with Gasteiger partial charge in [-0.05, 0) is 37.3 Å². The molecule has 0 saturated carbocycles. The summed E-state index contributed by atoms with van der Waals surface area (Å²) in [5, 5.41) is 20.0. The van der Waals surface area contributed by atoms with Gasteiger partial charge in [0.25, 0.3) is 0 Å². The van der Waals surface area contributed by atoms with Crippen molar-refractivity contribution in [3.8, 4) is 17.1 Å². The molecule has 2 aromatic carbocycles. The lowest BCUT2D eigenvalue weighted by molar-refractivity contribution is 0.0699. The number of hydrogen-bond acceptors (Lipinski definition) is 5. The minimum absolute atomic E-state index is 0.0172. The number of phenolic OH excluding ortho intramolecular Hbond substituents is 1. The molecule has 27 heavy (non-hydrogen) atoms. The van der Waals surface area contributed by atoms with E-state index in [0.717, 1.165) is 16.6 Å². The summed E-state index contributed by atoms with van der Waals surface area (Å²) in [6, 6.07) is 7.50. The molecule has 0 saturated heterocycles. The molecule has 1 heterocycles. The zero-order chi connectivity index (χ0) is 19.9. The largest absolute Gasteiger partial charge is 0.506 e. The summed E-state index contributed by atoms with van der Waals surface area (Å²) < 4.78 is 43.7. The van der Waals surface area contributed by atoms with Gasteiger partial charge in [0.05, 0.1) is 11.9 Å². The molecule has 1 aromatic heterocycles. The van der Waals surface area contributed by atoms with E-state index >= 15 is 0 Å². The second-order valence-corrected chi connectivity index (χ2v) is 7.79. The number of aromatic hydroxyl groups is 1. The van der Waals surface area contributed by atoms with E-state index in [9.17, 15) is 27.8 Å². The molecule has 9 heteroatoms. The van der Waals surface area contributed by atoms with Gasteiger partial charge in [-0.15, -0.1) is 0 Å². The first-order valence-electron chi connectivity index (χ1n) is 7.90. The number of fused-ring (bicyclic) bond motifs is 1. The van der Waals surface area contributed by atoms with Crippen molar-refractivity contribution in [1.82, 2.24) is 0 Å². The zero-order valence-corrected chi connectivity index (χ0v) is 15.2. The molecule has 3 aromatic rings. The van der Waals surface area contributed by atoms with Gasteiger partial charge in [-0.2, -0.15) is 0 Å². The van der Waals surface area contributed by atoms with E-state index in [1.165, 1.54) is 30.3 Å². The maximum absolute atomic E-state index is 13.2. The molecule has 0 fully saturated rings. The SMILES string of the molecule is CCN(c1cc2oc(-c3ccc(F)cc3)c(C(=O)O)c2cc1O)S(C)(=O)=O. The zero-order valence-electron chi connectivity index (χ0n) is 14.4. The average molecular weight is 393 g/mol. The number of carbonyl (C=O) groups is 1. The molecule has 2 N–H and O–H groups in total. The molecular formula is C18H16FNO6S. The summed E-state index contributed by atoms with van der Waals surface area (Å²) >= 11 is 0. The number of anilines is 1. The van der Waals surface area contributed by atoms with E-state index in [-0.39, 0.29) is 34.5 Å². The Balaban J connectivity index is 2.30. The number of carboxylic acids is 1. The van der Waals surface area contributed by atoms with Crippen molar-refractivity contribution in [3.63, 3.8) is 0 Å². The summed E-state index contributed by atoms with van der Waals surface area (Å²) in [6.45, 7) is 1.66. The van der Waals surface area contributed by atoms with Crippen LogP contribution < -0.4 is 4.31 Å². The van der Waals surface area contributed by atoms with Gasteiger partial charge >= 0.3 is 5.97 Å². The quantitative estimate of drug-likeness (QED) is 0.688. The van der Waals surface area contributed by atoms with Crippen LogP contribution in [-0.4, -0.2) is 37.4 Å². The van der Waals surface area contributed by atoms with E-state index in [0.29, 0.717) is 5.56 Å². The van der Waals surface area contributed by atoms with Crippen molar-refractivity contribution in [3.05, 3.63) is 47.8 Å². The topological polar surface area (TPSA) is 108 Å². The van der Waals surface area contributed by atoms with Gasteiger partial charge in [0, 0.05) is 23.6 Å². The molecule has 0 atom stereocenters. The molecule has 0 unspecified atom stereocenters. The van der Waals surface area contributed by atoms with Crippen LogP contribution >= 0.6 is 0 Å². The molecule has 142 valence electrons. The first-order chi connectivity index (χ1) is 12.6. The van der Waals surface area contributed by atoms with E-state index in [1.807, 2.05) is 0 Å². The molecule has 0 radical (unpaired) electrons. The van der Waals surface area contributed by atoms with Gasteiger partial charge in [0.1, 0.15) is 28.5 Å². The number of carboxylic acid groups (broad SMARTS) is 1. The number of hydrogen-bond donors (Lipinski definition) is 2. The molecular weight excluding hydrogens is 377 g/mol. The lowest BCUT2D eigenvalue weighted by Gasteiger charge is -2.21. The number of phenols is 1.